The first kappa shape index (κ1) is 12.8. The smallest absolute Gasteiger partial charge is 0.383 e. The summed E-state index contributed by atoms with van der Waals surface area (Å²) in [6, 6.07) is 5.28. The van der Waals surface area contributed by atoms with Gasteiger partial charge in [0.2, 0.25) is 0 Å². The number of nitrogens with zero attached hydrogens (tertiary/aromatic N) is 1. The van der Waals surface area contributed by atoms with Gasteiger partial charge in [-0.25, -0.2) is 4.98 Å². The lowest BCUT2D eigenvalue weighted by Crippen LogP contribution is -2.30. The monoisotopic (exact) mass is 325 g/mol. The van der Waals surface area contributed by atoms with Crippen molar-refractivity contribution in [2.24, 2.45) is 0 Å². The van der Waals surface area contributed by atoms with Crippen molar-refractivity contribution in [3.05, 3.63) is 27.7 Å². The van der Waals surface area contributed by atoms with E-state index in [1.807, 2.05) is 0 Å². The van der Waals surface area contributed by atoms with Gasteiger partial charge in [-0.1, -0.05) is 15.9 Å². The summed E-state index contributed by atoms with van der Waals surface area (Å²) in [7, 11) is 0. The van der Waals surface area contributed by atoms with Crippen LogP contribution in [0.4, 0.5) is 13.2 Å². The minimum absolute atomic E-state index is 0.280. The van der Waals surface area contributed by atoms with Gasteiger partial charge in [-0.3, -0.25) is 0 Å². The lowest BCUT2D eigenvalue weighted by atomic mass is 10.2. The molecule has 1 N–H and O–H groups in total. The van der Waals surface area contributed by atoms with Crippen LogP contribution in [0, 0.1) is 0 Å². The summed E-state index contributed by atoms with van der Waals surface area (Å²) in [5, 5.41) is 9.23. The van der Waals surface area contributed by atoms with Crippen molar-refractivity contribution in [2.45, 2.75) is 18.7 Å². The van der Waals surface area contributed by atoms with Gasteiger partial charge in [0.05, 0.1) is 15.2 Å². The molecule has 1 heterocycles. The van der Waals surface area contributed by atoms with Crippen molar-refractivity contribution in [3.63, 3.8) is 0 Å². The number of thiazole rings is 1. The van der Waals surface area contributed by atoms with Gasteiger partial charge in [-0.05, 0) is 18.2 Å². The molecule has 0 bridgehead atoms. The third kappa shape index (κ3) is 2.97. The fourth-order valence-electron chi connectivity index (χ4n) is 1.31. The Labute approximate surface area is 107 Å². The molecule has 0 saturated heterocycles. The molecule has 1 unspecified atom stereocenters. The second kappa shape index (κ2) is 4.55. The second-order valence-corrected chi connectivity index (χ2v) is 5.51. The van der Waals surface area contributed by atoms with E-state index >= 15 is 0 Å². The van der Waals surface area contributed by atoms with Gasteiger partial charge in [0.15, 0.2) is 6.10 Å². The summed E-state index contributed by atoms with van der Waals surface area (Å²) in [4.78, 5) is 4.04. The van der Waals surface area contributed by atoms with Crippen LogP contribution in [0.15, 0.2) is 22.7 Å². The van der Waals surface area contributed by atoms with Crippen LogP contribution < -0.4 is 0 Å². The molecule has 1 atom stereocenters. The maximum Gasteiger partial charge on any atom is 0.414 e. The minimum atomic E-state index is -4.60. The molecular formula is C10H7BrF3NOS. The average molecular weight is 326 g/mol. The molecule has 7 heteroatoms. The highest BCUT2D eigenvalue weighted by Crippen LogP contribution is 2.29. The molecule has 1 aromatic heterocycles. The topological polar surface area (TPSA) is 33.1 Å². The molecule has 1 aromatic carbocycles. The van der Waals surface area contributed by atoms with E-state index < -0.39 is 18.7 Å². The van der Waals surface area contributed by atoms with E-state index in [1.165, 1.54) is 0 Å². The normalized spacial score (nSPS) is 14.2. The van der Waals surface area contributed by atoms with E-state index in [2.05, 4.69) is 20.9 Å². The Morgan fingerprint density at radius 1 is 1.41 bits per heavy atom. The fraction of sp³-hybridized carbons (Fsp3) is 0.300. The fourth-order valence-corrected chi connectivity index (χ4v) is 2.87. The van der Waals surface area contributed by atoms with E-state index in [0.717, 1.165) is 20.5 Å². The second-order valence-electron chi connectivity index (χ2n) is 3.48. The summed E-state index contributed by atoms with van der Waals surface area (Å²) in [5.74, 6) is 0. The van der Waals surface area contributed by atoms with Crippen LogP contribution in [0.3, 0.4) is 0 Å². The minimum Gasteiger partial charge on any atom is -0.383 e. The van der Waals surface area contributed by atoms with E-state index in [-0.39, 0.29) is 5.01 Å². The predicted octanol–water partition coefficient (Wildman–Crippen LogP) is 3.52. The number of aliphatic hydroxyl groups excluding tert-OH is 1. The maximum absolute atomic E-state index is 12.2. The molecule has 0 radical (unpaired) electrons. The van der Waals surface area contributed by atoms with E-state index in [4.69, 9.17) is 5.11 Å². The number of aromatic nitrogens is 1. The van der Waals surface area contributed by atoms with Gasteiger partial charge in [0, 0.05) is 10.9 Å². The number of hydrogen-bond donors (Lipinski definition) is 1. The van der Waals surface area contributed by atoms with Crippen LogP contribution in [0.2, 0.25) is 0 Å². The zero-order valence-electron chi connectivity index (χ0n) is 8.33. The number of alkyl halides is 3. The van der Waals surface area contributed by atoms with Crippen molar-refractivity contribution in [1.29, 1.82) is 0 Å². The largest absolute Gasteiger partial charge is 0.414 e. The van der Waals surface area contributed by atoms with Gasteiger partial charge in [0.1, 0.15) is 0 Å². The Morgan fingerprint density at radius 3 is 2.76 bits per heavy atom. The SMILES string of the molecule is OC(Cc1nc2ccc(Br)cc2s1)C(F)(F)F. The summed E-state index contributed by atoms with van der Waals surface area (Å²) in [6.07, 6.45) is -7.45. The van der Waals surface area contributed by atoms with E-state index in [0.29, 0.717) is 5.52 Å². The highest BCUT2D eigenvalue weighted by molar-refractivity contribution is 9.10. The number of aliphatic hydroxyl groups is 1. The van der Waals surface area contributed by atoms with Crippen molar-refractivity contribution < 1.29 is 18.3 Å². The quantitative estimate of drug-likeness (QED) is 0.916. The van der Waals surface area contributed by atoms with Crippen LogP contribution in [-0.2, 0) is 6.42 Å². The first-order valence-electron chi connectivity index (χ1n) is 4.66. The Morgan fingerprint density at radius 2 is 2.12 bits per heavy atom. The van der Waals surface area contributed by atoms with Crippen LogP contribution >= 0.6 is 27.3 Å². The Balaban J connectivity index is 2.25. The molecule has 0 aliphatic carbocycles. The van der Waals surface area contributed by atoms with Crippen molar-refractivity contribution in [3.8, 4) is 0 Å². The number of halogens is 4. The Kier molecular flexibility index (Phi) is 3.42. The molecular weight excluding hydrogens is 319 g/mol. The lowest BCUT2D eigenvalue weighted by Gasteiger charge is -2.12. The van der Waals surface area contributed by atoms with Crippen molar-refractivity contribution in [1.82, 2.24) is 4.98 Å². The van der Waals surface area contributed by atoms with Gasteiger partial charge < -0.3 is 5.11 Å². The highest BCUT2D eigenvalue weighted by atomic mass is 79.9. The van der Waals surface area contributed by atoms with Gasteiger partial charge in [-0.15, -0.1) is 11.3 Å². The third-order valence-electron chi connectivity index (χ3n) is 2.14. The maximum atomic E-state index is 12.2. The van der Waals surface area contributed by atoms with Crippen LogP contribution in [0.1, 0.15) is 5.01 Å². The summed E-state index contributed by atoms with van der Waals surface area (Å²) in [5.41, 5.74) is 0.641. The molecule has 2 rings (SSSR count). The average Bonchev–Trinajstić information content (AvgIpc) is 2.57. The van der Waals surface area contributed by atoms with E-state index in [9.17, 15) is 13.2 Å². The molecule has 0 aliphatic heterocycles. The van der Waals surface area contributed by atoms with Crippen molar-refractivity contribution >= 4 is 37.5 Å². The highest BCUT2D eigenvalue weighted by Gasteiger charge is 2.38. The van der Waals surface area contributed by atoms with Crippen molar-refractivity contribution in [2.75, 3.05) is 0 Å². The summed E-state index contributed by atoms with van der Waals surface area (Å²) >= 11 is 4.43. The van der Waals surface area contributed by atoms with Crippen LogP contribution in [0.5, 0.6) is 0 Å². The molecule has 92 valence electrons. The number of rotatable bonds is 2. The van der Waals surface area contributed by atoms with E-state index in [1.54, 1.807) is 18.2 Å². The Bertz CT molecular complexity index is 540. The first-order chi connectivity index (χ1) is 7.86. The number of hydrogen-bond acceptors (Lipinski definition) is 3. The molecule has 0 saturated carbocycles. The molecule has 2 nitrogen and oxygen atoms in total. The standard InChI is InChI=1S/C10H7BrF3NOS/c11-5-1-2-6-7(3-5)17-9(15-6)4-8(16)10(12,13)14/h1-3,8,16H,4H2. The lowest BCUT2D eigenvalue weighted by molar-refractivity contribution is -0.203. The molecule has 0 amide bonds. The molecule has 17 heavy (non-hydrogen) atoms. The van der Waals surface area contributed by atoms with Gasteiger partial charge in [-0.2, -0.15) is 13.2 Å². The first-order valence-corrected chi connectivity index (χ1v) is 6.27. The predicted molar refractivity (Wildman–Crippen MR) is 63.1 cm³/mol. The van der Waals surface area contributed by atoms with Gasteiger partial charge in [0.25, 0.3) is 0 Å². The summed E-state index contributed by atoms with van der Waals surface area (Å²) in [6.45, 7) is 0. The molecule has 0 spiro atoms. The zero-order valence-corrected chi connectivity index (χ0v) is 10.7. The molecule has 0 aliphatic rings. The third-order valence-corrected chi connectivity index (χ3v) is 3.67. The number of benzene rings is 1. The van der Waals surface area contributed by atoms with Crippen LogP contribution in [-0.4, -0.2) is 22.4 Å². The molecule has 0 fully saturated rings. The van der Waals surface area contributed by atoms with Gasteiger partial charge >= 0.3 is 6.18 Å². The number of fused-ring (bicyclic) bond motifs is 1. The van der Waals surface area contributed by atoms with Crippen LogP contribution in [0.25, 0.3) is 10.2 Å². The molecule has 2 aromatic rings. The summed E-state index contributed by atoms with van der Waals surface area (Å²) < 4.78 is 38.2. The Hall–Kier alpha value is -0.660. The zero-order chi connectivity index (χ0) is 12.6.